The lowest BCUT2D eigenvalue weighted by Crippen LogP contribution is -2.48. The van der Waals surface area contributed by atoms with Gasteiger partial charge in [0.2, 0.25) is 0 Å². The largest absolute Gasteiger partial charge is 0.380 e. The minimum absolute atomic E-state index is 0.300. The van der Waals surface area contributed by atoms with E-state index in [0.29, 0.717) is 18.2 Å². The number of rotatable bonds is 6. The summed E-state index contributed by atoms with van der Waals surface area (Å²) in [4.78, 5) is 0. The Hall–Kier alpha value is 0.270. The van der Waals surface area contributed by atoms with E-state index in [1.165, 1.54) is 31.4 Å². The van der Waals surface area contributed by atoms with Crippen LogP contribution in [-0.2, 0) is 4.74 Å². The fourth-order valence-electron chi connectivity index (χ4n) is 2.38. The highest BCUT2D eigenvalue weighted by molar-refractivity contribution is 7.99. The van der Waals surface area contributed by atoms with Crippen LogP contribution in [0.25, 0.3) is 0 Å². The van der Waals surface area contributed by atoms with Crippen molar-refractivity contribution in [3.05, 3.63) is 0 Å². The molecule has 1 aliphatic rings. The Morgan fingerprint density at radius 2 is 2.00 bits per heavy atom. The maximum absolute atomic E-state index is 5.38. The van der Waals surface area contributed by atoms with E-state index < -0.39 is 0 Å². The molecule has 0 bridgehead atoms. The molecule has 1 aliphatic carbocycles. The Balaban J connectivity index is 2.42. The molecular formula is C13H27NOS. The van der Waals surface area contributed by atoms with Crippen molar-refractivity contribution in [1.29, 1.82) is 0 Å². The van der Waals surface area contributed by atoms with Crippen LogP contribution in [0.1, 0.15) is 46.5 Å². The molecule has 0 aliphatic heterocycles. The van der Waals surface area contributed by atoms with Crippen molar-refractivity contribution in [3.8, 4) is 0 Å². The Labute approximate surface area is 105 Å². The van der Waals surface area contributed by atoms with Crippen molar-refractivity contribution in [1.82, 2.24) is 5.32 Å². The molecule has 16 heavy (non-hydrogen) atoms. The molecule has 1 rings (SSSR count). The van der Waals surface area contributed by atoms with E-state index in [1.54, 1.807) is 7.11 Å². The van der Waals surface area contributed by atoms with Crippen molar-refractivity contribution >= 4 is 11.8 Å². The van der Waals surface area contributed by atoms with Gasteiger partial charge in [-0.1, -0.05) is 19.8 Å². The fraction of sp³-hybridized carbons (Fsp3) is 1.00. The Kier molecular flexibility index (Phi) is 6.78. The second-order valence-corrected chi connectivity index (χ2v) is 6.30. The highest BCUT2D eigenvalue weighted by Crippen LogP contribution is 2.29. The minimum Gasteiger partial charge on any atom is -0.380 e. The third-order valence-corrected chi connectivity index (χ3v) is 4.96. The second kappa shape index (κ2) is 7.57. The van der Waals surface area contributed by atoms with Crippen molar-refractivity contribution in [2.45, 2.75) is 69.9 Å². The van der Waals surface area contributed by atoms with Crippen molar-refractivity contribution < 1.29 is 4.74 Å². The first kappa shape index (κ1) is 14.3. The number of hydrogen-bond donors (Lipinski definition) is 1. The molecule has 4 unspecified atom stereocenters. The number of methoxy groups -OCH3 is 1. The molecular weight excluding hydrogens is 218 g/mol. The Morgan fingerprint density at radius 1 is 1.31 bits per heavy atom. The maximum Gasteiger partial charge on any atom is 0.0693 e. The van der Waals surface area contributed by atoms with Gasteiger partial charge in [-0.15, -0.1) is 0 Å². The number of hydrogen-bond acceptors (Lipinski definition) is 3. The van der Waals surface area contributed by atoms with E-state index in [1.807, 2.05) is 0 Å². The summed E-state index contributed by atoms with van der Waals surface area (Å²) in [5.74, 6) is 1.23. The van der Waals surface area contributed by atoms with Gasteiger partial charge in [0.1, 0.15) is 0 Å². The quantitative estimate of drug-likeness (QED) is 0.777. The van der Waals surface area contributed by atoms with E-state index in [0.717, 1.165) is 5.25 Å². The van der Waals surface area contributed by atoms with Crippen LogP contribution in [0.5, 0.6) is 0 Å². The third-order valence-electron chi connectivity index (χ3n) is 3.64. The monoisotopic (exact) mass is 245 g/mol. The topological polar surface area (TPSA) is 21.3 Å². The molecule has 0 amide bonds. The molecule has 2 nitrogen and oxygen atoms in total. The van der Waals surface area contributed by atoms with E-state index in [4.69, 9.17) is 4.74 Å². The molecule has 0 aromatic rings. The van der Waals surface area contributed by atoms with Crippen molar-refractivity contribution in [2.75, 3.05) is 12.9 Å². The first-order valence-corrected chi connectivity index (χ1v) is 7.64. The molecule has 0 aromatic carbocycles. The van der Waals surface area contributed by atoms with Gasteiger partial charge in [-0.25, -0.2) is 0 Å². The highest BCUT2D eigenvalue weighted by Gasteiger charge is 2.27. The molecule has 1 fully saturated rings. The summed E-state index contributed by atoms with van der Waals surface area (Å²) in [5, 5.41) is 4.57. The van der Waals surface area contributed by atoms with Crippen LogP contribution in [0, 0.1) is 0 Å². The molecule has 0 saturated heterocycles. The maximum atomic E-state index is 5.38. The van der Waals surface area contributed by atoms with Gasteiger partial charge in [0.25, 0.3) is 0 Å². The SMILES string of the molecule is CCSC1CCCCC1NC(C)C(C)OC. The fourth-order valence-corrected chi connectivity index (χ4v) is 3.59. The summed E-state index contributed by atoms with van der Waals surface area (Å²) in [7, 11) is 1.79. The standard InChI is InChI=1S/C13H27NOS/c1-5-16-13-9-7-6-8-12(13)14-10(2)11(3)15-4/h10-14H,5-9H2,1-4H3. The van der Waals surface area contributed by atoms with E-state index >= 15 is 0 Å². The summed E-state index contributed by atoms with van der Waals surface area (Å²) >= 11 is 2.12. The molecule has 0 spiro atoms. The summed E-state index contributed by atoms with van der Waals surface area (Å²) < 4.78 is 5.38. The normalized spacial score (nSPS) is 30.0. The molecule has 1 saturated carbocycles. The van der Waals surface area contributed by atoms with Gasteiger partial charge in [0, 0.05) is 24.4 Å². The van der Waals surface area contributed by atoms with Crippen molar-refractivity contribution in [2.24, 2.45) is 0 Å². The average Bonchev–Trinajstić information content (AvgIpc) is 2.31. The Bertz CT molecular complexity index is 187. The zero-order chi connectivity index (χ0) is 12.0. The predicted molar refractivity (Wildman–Crippen MR) is 73.2 cm³/mol. The lowest BCUT2D eigenvalue weighted by Gasteiger charge is -2.35. The second-order valence-electron chi connectivity index (χ2n) is 4.78. The number of ether oxygens (including phenoxy) is 1. The van der Waals surface area contributed by atoms with Gasteiger partial charge in [-0.3, -0.25) is 0 Å². The van der Waals surface area contributed by atoms with Crippen LogP contribution in [0.3, 0.4) is 0 Å². The van der Waals surface area contributed by atoms with E-state index in [9.17, 15) is 0 Å². The molecule has 4 atom stereocenters. The molecule has 3 heteroatoms. The van der Waals surface area contributed by atoms with Gasteiger partial charge in [0.15, 0.2) is 0 Å². The highest BCUT2D eigenvalue weighted by atomic mass is 32.2. The van der Waals surface area contributed by atoms with Gasteiger partial charge in [-0.05, 0) is 32.4 Å². The number of thioether (sulfide) groups is 1. The minimum atomic E-state index is 0.300. The molecule has 96 valence electrons. The molecule has 1 N–H and O–H groups in total. The zero-order valence-electron chi connectivity index (χ0n) is 11.2. The smallest absolute Gasteiger partial charge is 0.0693 e. The third kappa shape index (κ3) is 4.27. The van der Waals surface area contributed by atoms with Crippen LogP contribution in [0.15, 0.2) is 0 Å². The van der Waals surface area contributed by atoms with Crippen LogP contribution in [0.4, 0.5) is 0 Å². The zero-order valence-corrected chi connectivity index (χ0v) is 12.0. The summed E-state index contributed by atoms with van der Waals surface area (Å²) in [6.07, 6.45) is 5.80. The predicted octanol–water partition coefficient (Wildman–Crippen LogP) is 3.06. The van der Waals surface area contributed by atoms with Gasteiger partial charge < -0.3 is 10.1 Å². The first-order valence-electron chi connectivity index (χ1n) is 6.59. The summed E-state index contributed by atoms with van der Waals surface area (Å²) in [5.41, 5.74) is 0. The molecule has 0 aromatic heterocycles. The molecule has 0 heterocycles. The van der Waals surface area contributed by atoms with E-state index in [-0.39, 0.29) is 0 Å². The average molecular weight is 245 g/mol. The van der Waals surface area contributed by atoms with Crippen LogP contribution in [-0.4, -0.2) is 36.3 Å². The first-order chi connectivity index (χ1) is 7.69. The lowest BCUT2D eigenvalue weighted by molar-refractivity contribution is 0.0825. The molecule has 0 radical (unpaired) electrons. The van der Waals surface area contributed by atoms with Gasteiger partial charge in [-0.2, -0.15) is 11.8 Å². The van der Waals surface area contributed by atoms with Crippen LogP contribution in [0.2, 0.25) is 0 Å². The van der Waals surface area contributed by atoms with Gasteiger partial charge in [0.05, 0.1) is 6.10 Å². The van der Waals surface area contributed by atoms with E-state index in [2.05, 4.69) is 37.8 Å². The van der Waals surface area contributed by atoms with Crippen molar-refractivity contribution in [3.63, 3.8) is 0 Å². The van der Waals surface area contributed by atoms with Gasteiger partial charge >= 0.3 is 0 Å². The van der Waals surface area contributed by atoms with Crippen LogP contribution < -0.4 is 5.32 Å². The summed E-state index contributed by atoms with van der Waals surface area (Å²) in [6.45, 7) is 6.64. The number of nitrogens with one attached hydrogen (secondary N) is 1. The Morgan fingerprint density at radius 3 is 2.62 bits per heavy atom. The lowest BCUT2D eigenvalue weighted by atomic mass is 9.94. The summed E-state index contributed by atoms with van der Waals surface area (Å²) in [6, 6.07) is 1.14. The van der Waals surface area contributed by atoms with Crippen LogP contribution >= 0.6 is 11.8 Å².